The fraction of sp³-hybridized carbons (Fsp3) is 0.647. The highest BCUT2D eigenvalue weighted by atomic mass is 35.5. The number of piperidine rings is 1. The van der Waals surface area contributed by atoms with Gasteiger partial charge >= 0.3 is 0 Å². The number of hydrogen-bond acceptors (Lipinski definition) is 3. The average molecular weight is 310 g/mol. The smallest absolute Gasteiger partial charge is 0.180 e. The van der Waals surface area contributed by atoms with Gasteiger partial charge in [0.1, 0.15) is 0 Å². The van der Waals surface area contributed by atoms with E-state index >= 15 is 0 Å². The zero-order chi connectivity index (χ0) is 14.7. The van der Waals surface area contributed by atoms with Gasteiger partial charge in [-0.3, -0.25) is 0 Å². The Morgan fingerprint density at radius 1 is 1.24 bits per heavy atom. The summed E-state index contributed by atoms with van der Waals surface area (Å²) in [5.74, 6) is 2.34. The Labute approximate surface area is 132 Å². The Morgan fingerprint density at radius 3 is 2.76 bits per heavy atom. The Hall–Kier alpha value is -0.930. The van der Waals surface area contributed by atoms with Crippen LogP contribution in [0.25, 0.3) is 0 Å². The van der Waals surface area contributed by atoms with Crippen molar-refractivity contribution in [3.63, 3.8) is 0 Å². The first kappa shape index (κ1) is 15.0. The van der Waals surface area contributed by atoms with E-state index in [4.69, 9.17) is 21.1 Å². The van der Waals surface area contributed by atoms with Crippen LogP contribution in [-0.2, 0) is 12.8 Å². The molecule has 2 aliphatic heterocycles. The number of fused-ring (bicyclic) bond motifs is 1. The van der Waals surface area contributed by atoms with Crippen molar-refractivity contribution in [2.45, 2.75) is 39.0 Å². The Morgan fingerprint density at radius 2 is 2.05 bits per heavy atom. The normalized spacial score (nSPS) is 21.9. The van der Waals surface area contributed by atoms with Crippen LogP contribution in [0.5, 0.6) is 11.5 Å². The summed E-state index contributed by atoms with van der Waals surface area (Å²) in [6, 6.07) is 2.10. The molecule has 1 fully saturated rings. The summed E-state index contributed by atoms with van der Waals surface area (Å²) in [6.45, 7) is 5.83. The number of rotatable bonds is 3. The molecule has 21 heavy (non-hydrogen) atoms. The van der Waals surface area contributed by atoms with Crippen LogP contribution in [0.1, 0.15) is 37.3 Å². The summed E-state index contributed by atoms with van der Waals surface area (Å²) in [7, 11) is 0. The summed E-state index contributed by atoms with van der Waals surface area (Å²) >= 11 is 6.45. The van der Waals surface area contributed by atoms with Gasteiger partial charge in [-0.15, -0.1) is 0 Å². The molecule has 1 aromatic carbocycles. The molecule has 1 atom stereocenters. The lowest BCUT2D eigenvalue weighted by Crippen LogP contribution is -2.31. The van der Waals surface area contributed by atoms with Gasteiger partial charge in [-0.05, 0) is 56.3 Å². The van der Waals surface area contributed by atoms with Gasteiger partial charge in [0.2, 0.25) is 0 Å². The van der Waals surface area contributed by atoms with Crippen molar-refractivity contribution < 1.29 is 9.47 Å². The molecule has 3 nitrogen and oxygen atoms in total. The first-order valence-corrected chi connectivity index (χ1v) is 8.48. The number of halogens is 1. The highest BCUT2D eigenvalue weighted by Crippen LogP contribution is 2.42. The minimum absolute atomic E-state index is 0.682. The topological polar surface area (TPSA) is 30.5 Å². The maximum absolute atomic E-state index is 6.45. The molecule has 1 saturated heterocycles. The fourth-order valence-corrected chi connectivity index (χ4v) is 3.64. The Bertz CT molecular complexity index is 498. The third kappa shape index (κ3) is 3.29. The first-order valence-electron chi connectivity index (χ1n) is 8.10. The lowest BCUT2D eigenvalue weighted by molar-refractivity contribution is 0.296. The summed E-state index contributed by atoms with van der Waals surface area (Å²) in [6.07, 6.45) is 5.51. The van der Waals surface area contributed by atoms with E-state index in [0.717, 1.165) is 43.9 Å². The SMILES string of the molecule is CCc1c(CC2CCCNC2)cc(Cl)c2c1OCCCO2. The largest absolute Gasteiger partial charge is 0.489 e. The first-order chi connectivity index (χ1) is 10.3. The monoisotopic (exact) mass is 309 g/mol. The molecule has 3 rings (SSSR count). The lowest BCUT2D eigenvalue weighted by atomic mass is 9.89. The van der Waals surface area contributed by atoms with Crippen LogP contribution >= 0.6 is 11.6 Å². The van der Waals surface area contributed by atoms with Crippen LogP contribution in [-0.4, -0.2) is 26.3 Å². The van der Waals surface area contributed by atoms with Gasteiger partial charge in [-0.2, -0.15) is 0 Å². The minimum Gasteiger partial charge on any atom is -0.489 e. The number of hydrogen-bond donors (Lipinski definition) is 1. The van der Waals surface area contributed by atoms with Crippen molar-refractivity contribution in [1.29, 1.82) is 0 Å². The maximum atomic E-state index is 6.45. The number of nitrogens with one attached hydrogen (secondary N) is 1. The van der Waals surface area contributed by atoms with Crippen LogP contribution in [0.15, 0.2) is 6.07 Å². The molecule has 2 aliphatic rings. The van der Waals surface area contributed by atoms with Crippen molar-refractivity contribution in [3.8, 4) is 11.5 Å². The van der Waals surface area contributed by atoms with E-state index in [2.05, 4.69) is 18.3 Å². The predicted molar refractivity (Wildman–Crippen MR) is 85.7 cm³/mol. The molecule has 0 amide bonds. The second-order valence-electron chi connectivity index (χ2n) is 5.97. The van der Waals surface area contributed by atoms with E-state index in [1.807, 2.05) is 0 Å². The molecule has 1 unspecified atom stereocenters. The molecule has 0 aliphatic carbocycles. The van der Waals surface area contributed by atoms with Crippen molar-refractivity contribution in [1.82, 2.24) is 5.32 Å². The van der Waals surface area contributed by atoms with Gasteiger partial charge in [0.05, 0.1) is 18.2 Å². The van der Waals surface area contributed by atoms with E-state index in [0.29, 0.717) is 24.2 Å². The van der Waals surface area contributed by atoms with Crippen LogP contribution in [0, 0.1) is 5.92 Å². The van der Waals surface area contributed by atoms with E-state index in [9.17, 15) is 0 Å². The van der Waals surface area contributed by atoms with Gasteiger partial charge < -0.3 is 14.8 Å². The summed E-state index contributed by atoms with van der Waals surface area (Å²) in [5.41, 5.74) is 2.61. The highest BCUT2D eigenvalue weighted by molar-refractivity contribution is 6.32. The molecular formula is C17H24ClNO2. The highest BCUT2D eigenvalue weighted by Gasteiger charge is 2.23. The van der Waals surface area contributed by atoms with Gasteiger partial charge in [0.25, 0.3) is 0 Å². The van der Waals surface area contributed by atoms with Gasteiger partial charge in [0.15, 0.2) is 11.5 Å². The van der Waals surface area contributed by atoms with E-state index in [-0.39, 0.29) is 0 Å². The van der Waals surface area contributed by atoms with Gasteiger partial charge in [-0.25, -0.2) is 0 Å². The third-order valence-electron chi connectivity index (χ3n) is 4.43. The second kappa shape index (κ2) is 6.89. The van der Waals surface area contributed by atoms with Crippen molar-refractivity contribution in [2.75, 3.05) is 26.3 Å². The standard InChI is InChI=1S/C17H24ClNO2/c1-2-14-13(9-12-5-3-6-19-11-12)10-15(18)17-16(14)20-7-4-8-21-17/h10,12,19H,2-9,11H2,1H3. The molecule has 4 heteroatoms. The van der Waals surface area contributed by atoms with E-state index in [1.165, 1.54) is 24.0 Å². The minimum atomic E-state index is 0.682. The second-order valence-corrected chi connectivity index (χ2v) is 6.38. The molecule has 2 heterocycles. The van der Waals surface area contributed by atoms with Crippen LogP contribution in [0.4, 0.5) is 0 Å². The fourth-order valence-electron chi connectivity index (χ4n) is 3.37. The van der Waals surface area contributed by atoms with Gasteiger partial charge in [-0.1, -0.05) is 18.5 Å². The molecule has 0 spiro atoms. The molecule has 0 saturated carbocycles. The molecule has 1 N–H and O–H groups in total. The van der Waals surface area contributed by atoms with Gasteiger partial charge in [0, 0.05) is 12.0 Å². The summed E-state index contributed by atoms with van der Waals surface area (Å²) in [5, 5.41) is 4.19. The third-order valence-corrected chi connectivity index (χ3v) is 4.71. The average Bonchev–Trinajstić information content (AvgIpc) is 2.75. The van der Waals surface area contributed by atoms with E-state index < -0.39 is 0 Å². The van der Waals surface area contributed by atoms with Crippen LogP contribution < -0.4 is 14.8 Å². The molecule has 1 aromatic rings. The number of benzene rings is 1. The Balaban J connectivity index is 1.92. The van der Waals surface area contributed by atoms with Crippen LogP contribution in [0.2, 0.25) is 5.02 Å². The van der Waals surface area contributed by atoms with Crippen LogP contribution in [0.3, 0.4) is 0 Å². The van der Waals surface area contributed by atoms with Crippen molar-refractivity contribution >= 4 is 11.6 Å². The zero-order valence-corrected chi connectivity index (χ0v) is 13.5. The van der Waals surface area contributed by atoms with Crippen molar-refractivity contribution in [3.05, 3.63) is 22.2 Å². The number of ether oxygens (including phenoxy) is 2. The Kier molecular flexibility index (Phi) is 4.91. The molecule has 116 valence electrons. The quantitative estimate of drug-likeness (QED) is 0.925. The summed E-state index contributed by atoms with van der Waals surface area (Å²) in [4.78, 5) is 0. The zero-order valence-electron chi connectivity index (χ0n) is 12.7. The summed E-state index contributed by atoms with van der Waals surface area (Å²) < 4.78 is 11.8. The van der Waals surface area contributed by atoms with E-state index in [1.54, 1.807) is 0 Å². The molecular weight excluding hydrogens is 286 g/mol. The van der Waals surface area contributed by atoms with Crippen molar-refractivity contribution in [2.24, 2.45) is 5.92 Å². The maximum Gasteiger partial charge on any atom is 0.180 e. The molecule has 0 bridgehead atoms. The molecule has 0 radical (unpaired) electrons. The molecule has 0 aromatic heterocycles. The lowest BCUT2D eigenvalue weighted by Gasteiger charge is -2.25. The predicted octanol–water partition coefficient (Wildman–Crippen LogP) is 3.61.